The van der Waals surface area contributed by atoms with Gasteiger partial charge in [-0.3, -0.25) is 4.57 Å². The van der Waals surface area contributed by atoms with Crippen molar-refractivity contribution >= 4 is 38.2 Å². The number of aryl methyl sites for hydroxylation is 2. The predicted molar refractivity (Wildman–Crippen MR) is 131 cm³/mol. The fourth-order valence-electron chi connectivity index (χ4n) is 4.36. The lowest BCUT2D eigenvalue weighted by Crippen LogP contribution is -2.19. The maximum Gasteiger partial charge on any atom is 0.177 e. The maximum atomic E-state index is 12.7. The van der Waals surface area contributed by atoms with Crippen molar-refractivity contribution in [3.8, 4) is 11.3 Å². The van der Waals surface area contributed by atoms with Crippen LogP contribution < -0.4 is 11.1 Å². The number of hydrogen-bond acceptors (Lipinski definition) is 8. The second kappa shape index (κ2) is 8.41. The van der Waals surface area contributed by atoms with E-state index in [1.54, 1.807) is 24.5 Å². The zero-order chi connectivity index (χ0) is 24.0. The minimum absolute atomic E-state index is 0.148. The van der Waals surface area contributed by atoms with E-state index in [-0.39, 0.29) is 11.1 Å². The molecule has 0 saturated carbocycles. The SMILES string of the molecule is Cc1nc2c(Nc3ccc(-c4cn(C)cn4)cc3S(C)(=O)=O)cc(N)nc2n1C1CCCCO1. The number of sulfone groups is 1. The summed E-state index contributed by atoms with van der Waals surface area (Å²) in [5, 5.41) is 3.25. The van der Waals surface area contributed by atoms with Crippen LogP contribution in [0.4, 0.5) is 17.2 Å². The monoisotopic (exact) mass is 481 g/mol. The van der Waals surface area contributed by atoms with Crippen LogP contribution in [0.15, 0.2) is 41.7 Å². The second-order valence-electron chi connectivity index (χ2n) is 8.65. The van der Waals surface area contributed by atoms with Crippen LogP contribution >= 0.6 is 0 Å². The van der Waals surface area contributed by atoms with Crippen LogP contribution in [0.5, 0.6) is 0 Å². The molecule has 34 heavy (non-hydrogen) atoms. The zero-order valence-corrected chi connectivity index (χ0v) is 20.1. The van der Waals surface area contributed by atoms with Gasteiger partial charge in [0.25, 0.3) is 0 Å². The van der Waals surface area contributed by atoms with Crippen molar-refractivity contribution in [3.63, 3.8) is 0 Å². The summed E-state index contributed by atoms with van der Waals surface area (Å²) >= 11 is 0. The van der Waals surface area contributed by atoms with E-state index in [2.05, 4.69) is 15.3 Å². The summed E-state index contributed by atoms with van der Waals surface area (Å²) in [6.07, 6.45) is 7.52. The molecule has 1 fully saturated rings. The van der Waals surface area contributed by atoms with Gasteiger partial charge in [-0.15, -0.1) is 0 Å². The lowest BCUT2D eigenvalue weighted by Gasteiger charge is -2.25. The van der Waals surface area contributed by atoms with E-state index in [0.29, 0.717) is 46.2 Å². The third kappa shape index (κ3) is 4.12. The molecule has 1 aromatic carbocycles. The molecule has 1 saturated heterocycles. The lowest BCUT2D eigenvalue weighted by molar-refractivity contribution is -0.0308. The van der Waals surface area contributed by atoms with Crippen molar-refractivity contribution in [2.24, 2.45) is 7.05 Å². The highest BCUT2D eigenvalue weighted by Gasteiger charge is 2.24. The number of hydrogen-bond donors (Lipinski definition) is 2. The number of nitrogens with zero attached hydrogens (tertiary/aromatic N) is 5. The fourth-order valence-corrected chi connectivity index (χ4v) is 5.22. The van der Waals surface area contributed by atoms with Gasteiger partial charge in [0.05, 0.1) is 28.3 Å². The third-order valence-electron chi connectivity index (χ3n) is 5.94. The molecular formula is C23H27N7O3S. The minimum Gasteiger partial charge on any atom is -0.384 e. The summed E-state index contributed by atoms with van der Waals surface area (Å²) in [5.74, 6) is 1.06. The number of ether oxygens (including phenoxy) is 1. The van der Waals surface area contributed by atoms with Gasteiger partial charge >= 0.3 is 0 Å². The molecule has 11 heteroatoms. The molecule has 1 unspecified atom stereocenters. The van der Waals surface area contributed by atoms with Crippen molar-refractivity contribution in [1.82, 2.24) is 24.1 Å². The van der Waals surface area contributed by atoms with E-state index >= 15 is 0 Å². The molecule has 0 aliphatic carbocycles. The smallest absolute Gasteiger partial charge is 0.177 e. The Labute approximate surface area is 197 Å². The van der Waals surface area contributed by atoms with Crippen LogP contribution in [-0.2, 0) is 21.6 Å². The number of pyridine rings is 1. The first kappa shape index (κ1) is 22.4. The van der Waals surface area contributed by atoms with Crippen LogP contribution in [-0.4, -0.2) is 45.4 Å². The predicted octanol–water partition coefficient (Wildman–Crippen LogP) is 3.57. The van der Waals surface area contributed by atoms with Gasteiger partial charge in [0, 0.05) is 37.7 Å². The largest absolute Gasteiger partial charge is 0.384 e. The molecule has 3 aromatic heterocycles. The third-order valence-corrected chi connectivity index (χ3v) is 7.08. The van der Waals surface area contributed by atoms with Crippen molar-refractivity contribution < 1.29 is 13.2 Å². The molecule has 10 nitrogen and oxygen atoms in total. The van der Waals surface area contributed by atoms with Gasteiger partial charge in [-0.05, 0) is 38.3 Å². The van der Waals surface area contributed by atoms with Crippen molar-refractivity contribution in [3.05, 3.63) is 42.6 Å². The topological polar surface area (TPSA) is 130 Å². The Bertz CT molecular complexity index is 1480. The number of benzene rings is 1. The van der Waals surface area contributed by atoms with Crippen LogP contribution in [0.1, 0.15) is 31.3 Å². The molecule has 0 bridgehead atoms. The molecule has 5 rings (SSSR count). The normalized spacial score (nSPS) is 16.7. The molecule has 1 aliphatic heterocycles. The summed E-state index contributed by atoms with van der Waals surface area (Å²) in [7, 11) is -1.69. The number of anilines is 3. The molecule has 1 aliphatic rings. The van der Waals surface area contributed by atoms with Crippen LogP contribution in [0.2, 0.25) is 0 Å². The quantitative estimate of drug-likeness (QED) is 0.442. The van der Waals surface area contributed by atoms with Gasteiger partial charge in [-0.1, -0.05) is 6.07 Å². The Morgan fingerprint density at radius 3 is 2.68 bits per heavy atom. The summed E-state index contributed by atoms with van der Waals surface area (Å²) in [5.41, 5.74) is 9.77. The van der Waals surface area contributed by atoms with E-state index in [1.165, 1.54) is 6.26 Å². The number of imidazole rings is 2. The Hall–Kier alpha value is -3.44. The van der Waals surface area contributed by atoms with Gasteiger partial charge in [-0.2, -0.15) is 0 Å². The Morgan fingerprint density at radius 1 is 1.18 bits per heavy atom. The van der Waals surface area contributed by atoms with Gasteiger partial charge in [0.2, 0.25) is 0 Å². The van der Waals surface area contributed by atoms with Crippen molar-refractivity contribution in [2.45, 2.75) is 37.3 Å². The first-order valence-electron chi connectivity index (χ1n) is 11.1. The number of fused-ring (bicyclic) bond motifs is 1. The van der Waals surface area contributed by atoms with Gasteiger partial charge in [0.15, 0.2) is 15.5 Å². The summed E-state index contributed by atoms with van der Waals surface area (Å²) < 4.78 is 35.1. The summed E-state index contributed by atoms with van der Waals surface area (Å²) in [6.45, 7) is 2.60. The van der Waals surface area contributed by atoms with Gasteiger partial charge in [-0.25, -0.2) is 23.4 Å². The van der Waals surface area contributed by atoms with E-state index in [9.17, 15) is 8.42 Å². The minimum atomic E-state index is -3.55. The average molecular weight is 482 g/mol. The highest BCUT2D eigenvalue weighted by atomic mass is 32.2. The lowest BCUT2D eigenvalue weighted by atomic mass is 10.1. The molecule has 4 aromatic rings. The number of aromatic nitrogens is 5. The summed E-state index contributed by atoms with van der Waals surface area (Å²) in [4.78, 5) is 13.7. The number of nitrogen functional groups attached to an aromatic ring is 1. The molecule has 4 heterocycles. The molecule has 0 radical (unpaired) electrons. The number of nitrogens with one attached hydrogen (secondary N) is 1. The molecule has 0 spiro atoms. The molecule has 178 valence electrons. The van der Waals surface area contributed by atoms with Crippen molar-refractivity contribution in [2.75, 3.05) is 23.9 Å². The highest BCUT2D eigenvalue weighted by Crippen LogP contribution is 2.35. The first-order chi connectivity index (χ1) is 16.2. The summed E-state index contributed by atoms with van der Waals surface area (Å²) in [6, 6.07) is 6.86. The Kier molecular flexibility index (Phi) is 5.53. The molecule has 0 amide bonds. The maximum absolute atomic E-state index is 12.7. The molecule has 1 atom stereocenters. The molecular weight excluding hydrogens is 454 g/mol. The van der Waals surface area contributed by atoms with E-state index in [4.69, 9.17) is 15.5 Å². The van der Waals surface area contributed by atoms with Gasteiger partial charge in [0.1, 0.15) is 23.4 Å². The van der Waals surface area contributed by atoms with E-state index < -0.39 is 9.84 Å². The zero-order valence-electron chi connectivity index (χ0n) is 19.3. The standard InChI is InChI=1S/C23H27N7O3S/c1-14-26-22-17(11-20(24)28-23(22)30(14)21-6-4-5-9-33-21)27-16-8-7-15(10-19(16)34(3,31)32)18-12-29(2)13-25-18/h7-8,10-13,21H,4-6,9H2,1-3H3,(H3,24,27,28). The number of rotatable bonds is 5. The Balaban J connectivity index is 1.60. The second-order valence-corrected chi connectivity index (χ2v) is 10.6. The van der Waals surface area contributed by atoms with E-state index in [1.807, 2.05) is 35.4 Å². The van der Waals surface area contributed by atoms with Crippen LogP contribution in [0.25, 0.3) is 22.4 Å². The Morgan fingerprint density at radius 2 is 2.00 bits per heavy atom. The fraction of sp³-hybridized carbons (Fsp3) is 0.348. The van der Waals surface area contributed by atoms with Gasteiger partial charge < -0.3 is 20.4 Å². The average Bonchev–Trinajstić information content (AvgIpc) is 3.36. The van der Waals surface area contributed by atoms with E-state index in [0.717, 1.165) is 25.1 Å². The highest BCUT2D eigenvalue weighted by molar-refractivity contribution is 7.90. The van der Waals surface area contributed by atoms with Crippen molar-refractivity contribution in [1.29, 1.82) is 0 Å². The number of nitrogens with two attached hydrogens (primary N) is 1. The first-order valence-corrected chi connectivity index (χ1v) is 13.0. The van der Waals surface area contributed by atoms with Crippen LogP contribution in [0, 0.1) is 6.92 Å². The van der Waals surface area contributed by atoms with Crippen LogP contribution in [0.3, 0.4) is 0 Å². The molecule has 3 N–H and O–H groups in total.